The molecule has 0 N–H and O–H groups in total. The minimum absolute atomic E-state index is 4.03. The van der Waals surface area contributed by atoms with Crippen molar-refractivity contribution >= 4 is 11.6 Å². The molecule has 1 aliphatic rings. The van der Waals surface area contributed by atoms with Crippen molar-refractivity contribution in [3.05, 3.63) is 0 Å². The minimum atomic E-state index is -6.16. The van der Waals surface area contributed by atoms with Crippen molar-refractivity contribution in [1.82, 2.24) is 0 Å². The molecule has 0 aliphatic heterocycles. The Balaban J connectivity index is 3.38. The topological polar surface area (TPSA) is 0 Å². The van der Waals surface area contributed by atoms with E-state index in [4.69, 9.17) is 0 Å². The third kappa shape index (κ3) is 0.900. The first-order chi connectivity index (χ1) is 5.90. The second-order valence-electron chi connectivity index (χ2n) is 2.76. The van der Waals surface area contributed by atoms with Gasteiger partial charge in [-0.25, -0.2) is 8.78 Å². The van der Waals surface area contributed by atoms with Gasteiger partial charge in [-0.05, 0) is 0 Å². The lowest BCUT2D eigenvalue weighted by atomic mass is 10.2. The summed E-state index contributed by atoms with van der Waals surface area (Å²) in [6, 6.07) is 0. The first kappa shape index (κ1) is 11.8. The molecule has 0 spiro atoms. The number of hydrogen-bond acceptors (Lipinski definition) is 0. The van der Waals surface area contributed by atoms with Crippen LogP contribution < -0.4 is 0 Å². The van der Waals surface area contributed by atoms with Gasteiger partial charge in [-0.15, -0.1) is 0 Å². The van der Waals surface area contributed by atoms with Gasteiger partial charge in [0.05, 0.1) is 0 Å². The molecule has 0 radical (unpaired) electrons. The van der Waals surface area contributed by atoms with Gasteiger partial charge in [-0.3, -0.25) is 0 Å². The van der Waals surface area contributed by atoms with Crippen molar-refractivity contribution in [3.63, 3.8) is 0 Å². The first-order valence-corrected chi connectivity index (χ1v) is 3.44. The third-order valence-corrected chi connectivity index (χ3v) is 2.30. The van der Waals surface area contributed by atoms with Crippen LogP contribution in [-0.4, -0.2) is 29.1 Å². The first-order valence-electron chi connectivity index (χ1n) is 3.06. The molecular weight excluding hydrogens is 247 g/mol. The summed E-state index contributed by atoms with van der Waals surface area (Å²) < 4.78 is 98.0. The fourth-order valence-corrected chi connectivity index (χ4v) is 1.22. The van der Waals surface area contributed by atoms with Gasteiger partial charge >= 0.3 is 17.8 Å². The Morgan fingerprint density at radius 1 is 0.786 bits per heavy atom. The lowest BCUT2D eigenvalue weighted by Gasteiger charge is -2.24. The van der Waals surface area contributed by atoms with E-state index in [9.17, 15) is 35.1 Å². The van der Waals surface area contributed by atoms with Crippen molar-refractivity contribution in [1.29, 1.82) is 0 Å². The van der Waals surface area contributed by atoms with E-state index in [1.165, 1.54) is 0 Å². The Hall–Kier alpha value is -0.270. The lowest BCUT2D eigenvalue weighted by molar-refractivity contribution is -0.283. The second kappa shape index (κ2) is 2.45. The zero-order valence-electron chi connectivity index (χ0n) is 5.98. The van der Waals surface area contributed by atoms with Gasteiger partial charge in [-0.2, -0.15) is 26.3 Å². The summed E-state index contributed by atoms with van der Waals surface area (Å²) in [5.41, 5.74) is 0. The molecule has 0 bridgehead atoms. The standard InChI is InChI=1S/C5HClF8/c6-2(8)1(7)3(9,10)5(13,14)4(2,11)12/h1H. The van der Waals surface area contributed by atoms with Crippen LogP contribution in [0.3, 0.4) is 0 Å². The Morgan fingerprint density at radius 3 is 1.21 bits per heavy atom. The predicted octanol–water partition coefficient (Wildman–Crippen LogP) is 3.15. The summed E-state index contributed by atoms with van der Waals surface area (Å²) in [6.07, 6.45) is -4.47. The molecule has 14 heavy (non-hydrogen) atoms. The van der Waals surface area contributed by atoms with E-state index in [0.29, 0.717) is 0 Å². The molecule has 0 heterocycles. The van der Waals surface area contributed by atoms with E-state index >= 15 is 0 Å². The molecule has 1 saturated carbocycles. The van der Waals surface area contributed by atoms with Crippen LogP contribution in [0.5, 0.6) is 0 Å². The Morgan fingerprint density at radius 2 is 1.14 bits per heavy atom. The number of alkyl halides is 9. The molecule has 9 heteroatoms. The normalized spacial score (nSPS) is 43.9. The van der Waals surface area contributed by atoms with E-state index in [1.807, 2.05) is 0 Å². The Bertz CT molecular complexity index is 232. The molecule has 1 rings (SSSR count). The Kier molecular flexibility index (Phi) is 2.07. The number of rotatable bonds is 0. The molecule has 0 amide bonds. The number of halogens is 9. The van der Waals surface area contributed by atoms with Gasteiger partial charge in [0.1, 0.15) is 0 Å². The largest absolute Gasteiger partial charge is 0.379 e. The average molecular weight is 248 g/mol. The van der Waals surface area contributed by atoms with Crippen LogP contribution in [0.25, 0.3) is 0 Å². The molecule has 0 aromatic rings. The van der Waals surface area contributed by atoms with E-state index in [2.05, 4.69) is 11.6 Å². The highest BCUT2D eigenvalue weighted by atomic mass is 35.5. The van der Waals surface area contributed by atoms with Crippen LogP contribution in [-0.2, 0) is 0 Å². The molecule has 1 aliphatic carbocycles. The average Bonchev–Trinajstić information content (AvgIpc) is 2.05. The summed E-state index contributed by atoms with van der Waals surface area (Å²) in [4.78, 5) is 0. The van der Waals surface area contributed by atoms with Crippen molar-refractivity contribution in [2.24, 2.45) is 0 Å². The maximum Gasteiger partial charge on any atom is 0.379 e. The van der Waals surface area contributed by atoms with Crippen LogP contribution in [0, 0.1) is 0 Å². The van der Waals surface area contributed by atoms with Crippen LogP contribution >= 0.6 is 11.6 Å². The fraction of sp³-hybridized carbons (Fsp3) is 1.00. The summed E-state index contributed by atoms with van der Waals surface area (Å²) in [6.45, 7) is 0. The monoisotopic (exact) mass is 248 g/mol. The molecule has 0 aromatic heterocycles. The molecule has 0 saturated heterocycles. The second-order valence-corrected chi connectivity index (χ2v) is 3.31. The highest BCUT2D eigenvalue weighted by Crippen LogP contribution is 2.64. The summed E-state index contributed by atoms with van der Waals surface area (Å²) >= 11 is 4.03. The number of hydrogen-bond donors (Lipinski definition) is 0. The molecule has 0 aromatic carbocycles. The van der Waals surface area contributed by atoms with E-state index in [0.717, 1.165) is 0 Å². The van der Waals surface area contributed by atoms with Gasteiger partial charge in [0.2, 0.25) is 6.17 Å². The highest BCUT2D eigenvalue weighted by Gasteiger charge is 2.92. The van der Waals surface area contributed by atoms with E-state index < -0.39 is 29.1 Å². The van der Waals surface area contributed by atoms with Crippen molar-refractivity contribution in [2.45, 2.75) is 29.1 Å². The predicted molar refractivity (Wildman–Crippen MR) is 29.4 cm³/mol. The van der Waals surface area contributed by atoms with Gasteiger partial charge in [-0.1, -0.05) is 11.6 Å². The minimum Gasteiger partial charge on any atom is -0.235 e. The molecule has 1 fully saturated rings. The van der Waals surface area contributed by atoms with Crippen molar-refractivity contribution in [2.75, 3.05) is 0 Å². The van der Waals surface area contributed by atoms with Crippen molar-refractivity contribution < 1.29 is 35.1 Å². The summed E-state index contributed by atoms with van der Waals surface area (Å²) in [5, 5.41) is -5.11. The lowest BCUT2D eigenvalue weighted by Crippen LogP contribution is -2.50. The van der Waals surface area contributed by atoms with Crippen LogP contribution in [0.4, 0.5) is 35.1 Å². The molecule has 2 atom stereocenters. The molecule has 2 unspecified atom stereocenters. The summed E-state index contributed by atoms with van der Waals surface area (Å²) in [7, 11) is 0. The summed E-state index contributed by atoms with van der Waals surface area (Å²) in [5.74, 6) is -18.0. The van der Waals surface area contributed by atoms with E-state index in [1.54, 1.807) is 0 Å². The maximum atomic E-state index is 12.5. The van der Waals surface area contributed by atoms with Gasteiger partial charge in [0, 0.05) is 0 Å². The molecular formula is C5HClF8. The Labute approximate surface area is 76.8 Å². The maximum absolute atomic E-state index is 12.5. The molecule has 84 valence electrons. The molecule has 0 nitrogen and oxygen atoms in total. The van der Waals surface area contributed by atoms with Crippen LogP contribution in [0.2, 0.25) is 0 Å². The fourth-order valence-electron chi connectivity index (χ4n) is 0.965. The van der Waals surface area contributed by atoms with Crippen LogP contribution in [0.1, 0.15) is 0 Å². The van der Waals surface area contributed by atoms with Crippen LogP contribution in [0.15, 0.2) is 0 Å². The van der Waals surface area contributed by atoms with Gasteiger partial charge in [0.15, 0.2) is 0 Å². The van der Waals surface area contributed by atoms with Crippen molar-refractivity contribution in [3.8, 4) is 0 Å². The smallest absolute Gasteiger partial charge is 0.235 e. The van der Waals surface area contributed by atoms with Gasteiger partial charge < -0.3 is 0 Å². The zero-order valence-corrected chi connectivity index (χ0v) is 6.73. The zero-order chi connectivity index (χ0) is 11.6. The quantitative estimate of drug-likeness (QED) is 0.456. The van der Waals surface area contributed by atoms with Gasteiger partial charge in [0.25, 0.3) is 5.13 Å². The SMILES string of the molecule is FC1C(F)(F)C(F)(F)C(F)(F)C1(F)Cl. The van der Waals surface area contributed by atoms with E-state index in [-0.39, 0.29) is 0 Å². The third-order valence-electron chi connectivity index (χ3n) is 1.87. The highest BCUT2D eigenvalue weighted by molar-refractivity contribution is 6.24.